The molecule has 0 fully saturated rings. The van der Waals surface area contributed by atoms with E-state index in [0.717, 1.165) is 17.3 Å². The SMILES string of the molecule is Fc1cc(F)c(Cl)c(OCCNC2=Nc3ccccc3CN2)c1. The molecule has 3 rings (SSSR count). The van der Waals surface area contributed by atoms with E-state index in [-0.39, 0.29) is 17.4 Å². The van der Waals surface area contributed by atoms with Crippen LogP contribution in [-0.2, 0) is 6.54 Å². The molecule has 0 aliphatic carbocycles. The molecule has 1 aliphatic heterocycles. The van der Waals surface area contributed by atoms with Crippen molar-refractivity contribution >= 4 is 23.2 Å². The zero-order valence-electron chi connectivity index (χ0n) is 12.1. The Morgan fingerprint density at radius 1 is 1.26 bits per heavy atom. The summed E-state index contributed by atoms with van der Waals surface area (Å²) in [7, 11) is 0. The van der Waals surface area contributed by atoms with Gasteiger partial charge in [0.15, 0.2) is 5.96 Å². The van der Waals surface area contributed by atoms with Crippen molar-refractivity contribution in [3.05, 3.63) is 58.6 Å². The minimum absolute atomic E-state index is 0.0187. The highest BCUT2D eigenvalue weighted by Gasteiger charge is 2.12. The Hall–Kier alpha value is -2.34. The van der Waals surface area contributed by atoms with Crippen LogP contribution >= 0.6 is 11.6 Å². The van der Waals surface area contributed by atoms with Crippen LogP contribution in [0.15, 0.2) is 41.4 Å². The van der Waals surface area contributed by atoms with E-state index in [1.807, 2.05) is 24.3 Å². The summed E-state index contributed by atoms with van der Waals surface area (Å²) in [6.07, 6.45) is 0. The van der Waals surface area contributed by atoms with E-state index in [9.17, 15) is 8.78 Å². The van der Waals surface area contributed by atoms with Gasteiger partial charge in [-0.15, -0.1) is 0 Å². The fraction of sp³-hybridized carbons (Fsp3) is 0.188. The third-order valence-corrected chi connectivity index (χ3v) is 3.65. The van der Waals surface area contributed by atoms with Gasteiger partial charge in [0, 0.05) is 18.7 Å². The number of para-hydroxylation sites is 1. The number of nitrogens with zero attached hydrogens (tertiary/aromatic N) is 1. The fourth-order valence-corrected chi connectivity index (χ4v) is 2.34. The van der Waals surface area contributed by atoms with Gasteiger partial charge in [0.05, 0.1) is 12.2 Å². The van der Waals surface area contributed by atoms with Crippen LogP contribution in [0, 0.1) is 11.6 Å². The summed E-state index contributed by atoms with van der Waals surface area (Å²) in [6, 6.07) is 9.60. The molecule has 23 heavy (non-hydrogen) atoms. The Balaban J connectivity index is 1.54. The molecular formula is C16H14ClF2N3O. The summed E-state index contributed by atoms with van der Waals surface area (Å²) in [6.45, 7) is 1.28. The number of aliphatic imine (C=N–C) groups is 1. The normalized spacial score (nSPS) is 12.9. The van der Waals surface area contributed by atoms with Crippen LogP contribution in [0.5, 0.6) is 5.75 Å². The second kappa shape index (κ2) is 6.83. The first-order valence-corrected chi connectivity index (χ1v) is 7.43. The Morgan fingerprint density at radius 2 is 2.09 bits per heavy atom. The number of halogens is 3. The first-order chi connectivity index (χ1) is 11.1. The summed E-state index contributed by atoms with van der Waals surface area (Å²) in [5.41, 5.74) is 2.03. The van der Waals surface area contributed by atoms with Gasteiger partial charge in [-0.3, -0.25) is 0 Å². The quantitative estimate of drug-likeness (QED) is 0.664. The van der Waals surface area contributed by atoms with Gasteiger partial charge in [-0.2, -0.15) is 0 Å². The van der Waals surface area contributed by atoms with Crippen molar-refractivity contribution in [3.8, 4) is 5.75 Å². The van der Waals surface area contributed by atoms with Crippen LogP contribution in [0.2, 0.25) is 5.02 Å². The lowest BCUT2D eigenvalue weighted by molar-refractivity contribution is 0.318. The number of hydrogen-bond donors (Lipinski definition) is 2. The third kappa shape index (κ3) is 3.71. The molecule has 0 bridgehead atoms. The van der Waals surface area contributed by atoms with Crippen molar-refractivity contribution in [3.63, 3.8) is 0 Å². The van der Waals surface area contributed by atoms with Gasteiger partial charge in [-0.05, 0) is 11.6 Å². The second-order valence-electron chi connectivity index (χ2n) is 4.92. The maximum absolute atomic E-state index is 13.3. The summed E-state index contributed by atoms with van der Waals surface area (Å²) in [5.74, 6) is -0.965. The molecule has 2 aromatic rings. The molecule has 0 saturated heterocycles. The van der Waals surface area contributed by atoms with Crippen molar-refractivity contribution < 1.29 is 13.5 Å². The lowest BCUT2D eigenvalue weighted by atomic mass is 10.1. The van der Waals surface area contributed by atoms with Crippen molar-refractivity contribution in [2.45, 2.75) is 6.54 Å². The van der Waals surface area contributed by atoms with E-state index in [2.05, 4.69) is 15.6 Å². The van der Waals surface area contributed by atoms with E-state index in [1.165, 1.54) is 0 Å². The summed E-state index contributed by atoms with van der Waals surface area (Å²) in [4.78, 5) is 4.43. The van der Waals surface area contributed by atoms with Gasteiger partial charge in [0.1, 0.15) is 29.0 Å². The third-order valence-electron chi connectivity index (χ3n) is 3.28. The van der Waals surface area contributed by atoms with E-state index in [1.54, 1.807) is 0 Å². The molecule has 120 valence electrons. The molecule has 0 atom stereocenters. The van der Waals surface area contributed by atoms with Crippen molar-refractivity contribution in [1.29, 1.82) is 0 Å². The van der Waals surface area contributed by atoms with Crippen molar-refractivity contribution in [2.75, 3.05) is 13.2 Å². The molecule has 7 heteroatoms. The zero-order valence-corrected chi connectivity index (χ0v) is 12.8. The van der Waals surface area contributed by atoms with Crippen LogP contribution in [0.4, 0.5) is 14.5 Å². The van der Waals surface area contributed by atoms with Gasteiger partial charge in [-0.25, -0.2) is 13.8 Å². The predicted molar refractivity (Wildman–Crippen MR) is 85.2 cm³/mol. The van der Waals surface area contributed by atoms with Gasteiger partial charge in [-0.1, -0.05) is 29.8 Å². The zero-order chi connectivity index (χ0) is 16.2. The highest BCUT2D eigenvalue weighted by atomic mass is 35.5. The van der Waals surface area contributed by atoms with Crippen molar-refractivity contribution in [2.24, 2.45) is 4.99 Å². The van der Waals surface area contributed by atoms with Crippen LogP contribution in [-0.4, -0.2) is 19.1 Å². The van der Waals surface area contributed by atoms with Gasteiger partial charge in [0.25, 0.3) is 0 Å². The smallest absolute Gasteiger partial charge is 0.196 e. The van der Waals surface area contributed by atoms with Gasteiger partial charge < -0.3 is 15.4 Å². The van der Waals surface area contributed by atoms with Crippen LogP contribution < -0.4 is 15.4 Å². The molecule has 0 radical (unpaired) electrons. The van der Waals surface area contributed by atoms with E-state index in [4.69, 9.17) is 16.3 Å². The van der Waals surface area contributed by atoms with Gasteiger partial charge in [0.2, 0.25) is 0 Å². The largest absolute Gasteiger partial charge is 0.490 e. The van der Waals surface area contributed by atoms with Crippen LogP contribution in [0.3, 0.4) is 0 Å². The Morgan fingerprint density at radius 3 is 2.96 bits per heavy atom. The molecule has 0 unspecified atom stereocenters. The van der Waals surface area contributed by atoms with E-state index in [0.29, 0.717) is 25.1 Å². The lowest BCUT2D eigenvalue weighted by Gasteiger charge is -2.18. The van der Waals surface area contributed by atoms with E-state index >= 15 is 0 Å². The van der Waals surface area contributed by atoms with E-state index < -0.39 is 11.6 Å². The summed E-state index contributed by atoms with van der Waals surface area (Å²) in [5, 5.41) is 5.98. The summed E-state index contributed by atoms with van der Waals surface area (Å²) >= 11 is 5.73. The number of benzene rings is 2. The minimum Gasteiger partial charge on any atom is -0.490 e. The number of rotatable bonds is 4. The topological polar surface area (TPSA) is 45.6 Å². The lowest BCUT2D eigenvalue weighted by Crippen LogP contribution is -2.40. The molecule has 0 amide bonds. The number of nitrogens with one attached hydrogen (secondary N) is 2. The van der Waals surface area contributed by atoms with Crippen LogP contribution in [0.25, 0.3) is 0 Å². The average molecular weight is 338 g/mol. The number of ether oxygens (including phenoxy) is 1. The maximum atomic E-state index is 13.3. The highest BCUT2D eigenvalue weighted by Crippen LogP contribution is 2.28. The molecule has 2 N–H and O–H groups in total. The Kier molecular flexibility index (Phi) is 4.62. The molecule has 2 aromatic carbocycles. The maximum Gasteiger partial charge on any atom is 0.196 e. The number of fused-ring (bicyclic) bond motifs is 1. The second-order valence-corrected chi connectivity index (χ2v) is 5.30. The monoisotopic (exact) mass is 337 g/mol. The predicted octanol–water partition coefficient (Wildman–Crippen LogP) is 3.38. The first kappa shape index (κ1) is 15.6. The van der Waals surface area contributed by atoms with Gasteiger partial charge >= 0.3 is 0 Å². The number of guanidine groups is 1. The molecule has 1 heterocycles. The van der Waals surface area contributed by atoms with Crippen LogP contribution in [0.1, 0.15) is 5.56 Å². The Bertz CT molecular complexity index is 752. The Labute approximate surface area is 137 Å². The summed E-state index contributed by atoms with van der Waals surface area (Å²) < 4.78 is 31.7. The molecule has 0 aromatic heterocycles. The molecular weight excluding hydrogens is 324 g/mol. The molecule has 0 spiro atoms. The molecule has 1 aliphatic rings. The minimum atomic E-state index is -0.843. The fourth-order valence-electron chi connectivity index (χ4n) is 2.18. The molecule has 0 saturated carbocycles. The van der Waals surface area contributed by atoms with Crippen molar-refractivity contribution in [1.82, 2.24) is 10.6 Å². The first-order valence-electron chi connectivity index (χ1n) is 7.05. The standard InChI is InChI=1S/C16H14ClF2N3O/c17-15-12(19)7-11(18)8-14(15)23-6-5-20-16-21-9-10-3-1-2-4-13(10)22-16/h1-4,7-8H,5-6,9H2,(H2,20,21,22). The average Bonchev–Trinajstić information content (AvgIpc) is 2.55. The number of hydrogen-bond acceptors (Lipinski definition) is 4. The highest BCUT2D eigenvalue weighted by molar-refractivity contribution is 6.32. The molecule has 4 nitrogen and oxygen atoms in total.